The molecule has 2 fully saturated rings. The molecule has 1 aromatic carbocycles. The van der Waals surface area contributed by atoms with Crippen LogP contribution in [0.2, 0.25) is 0 Å². The first kappa shape index (κ1) is 24.4. The number of rotatable bonds is 4. The summed E-state index contributed by atoms with van der Waals surface area (Å²) < 4.78 is 6.93. The lowest BCUT2D eigenvalue weighted by molar-refractivity contribution is -0.240. The summed E-state index contributed by atoms with van der Waals surface area (Å²) in [6.45, 7) is 9.03. The van der Waals surface area contributed by atoms with Crippen molar-refractivity contribution in [3.63, 3.8) is 0 Å². The number of carboxylic acids is 1. The van der Waals surface area contributed by atoms with E-state index < -0.39 is 34.6 Å². The minimum atomic E-state index is -0.894. The van der Waals surface area contributed by atoms with E-state index >= 15 is 0 Å². The number of benzene rings is 1. The molecule has 4 N–H and O–H groups in total. The Balaban J connectivity index is 1.53. The number of fused-ring (bicyclic) bond motifs is 5. The van der Waals surface area contributed by atoms with Crippen LogP contribution in [0.5, 0.6) is 11.5 Å². The molecule has 8 heteroatoms. The highest BCUT2D eigenvalue weighted by Crippen LogP contribution is 2.67. The quantitative estimate of drug-likeness (QED) is 0.514. The number of aliphatic hydroxyl groups is 2. The monoisotopic (exact) mass is 487 g/mol. The molecule has 0 radical (unpaired) electrons. The number of aliphatic carboxylic acids is 1. The molecule has 2 saturated carbocycles. The molecule has 2 heterocycles. The SMILES string of the molecule is C[C@H]1CC[C@H]2C(C)(C)[C@H](O)[C@H](O)C[C@]2(C)[C@]12Cc1c(O)cc3c(c1O2)CN(CCCC(=O)O)C3=O. The first-order chi connectivity index (χ1) is 16.3. The maximum Gasteiger partial charge on any atom is 0.303 e. The fourth-order valence-electron chi connectivity index (χ4n) is 8.06. The number of nitrogens with zero attached hydrogens (tertiary/aromatic N) is 1. The van der Waals surface area contributed by atoms with Crippen molar-refractivity contribution in [3.05, 3.63) is 22.8 Å². The highest BCUT2D eigenvalue weighted by molar-refractivity contribution is 6.00. The van der Waals surface area contributed by atoms with Crippen molar-refractivity contribution in [1.29, 1.82) is 0 Å². The number of aliphatic hydroxyl groups excluding tert-OH is 2. The molecule has 1 amide bonds. The van der Waals surface area contributed by atoms with E-state index in [1.54, 1.807) is 4.90 Å². The van der Waals surface area contributed by atoms with Gasteiger partial charge in [0.25, 0.3) is 5.91 Å². The maximum absolute atomic E-state index is 13.1. The first-order valence-corrected chi connectivity index (χ1v) is 12.8. The van der Waals surface area contributed by atoms with Crippen LogP contribution in [-0.2, 0) is 17.8 Å². The van der Waals surface area contributed by atoms with Gasteiger partial charge in [-0.15, -0.1) is 0 Å². The molecular formula is C27H37NO7. The van der Waals surface area contributed by atoms with E-state index in [0.29, 0.717) is 49.2 Å². The number of aromatic hydroxyl groups is 1. The van der Waals surface area contributed by atoms with Crippen LogP contribution in [0.15, 0.2) is 6.07 Å². The Kier molecular flexibility index (Phi) is 5.46. The Labute approximate surface area is 205 Å². The molecule has 192 valence electrons. The smallest absolute Gasteiger partial charge is 0.303 e. The minimum absolute atomic E-state index is 0.00961. The van der Waals surface area contributed by atoms with E-state index in [1.807, 2.05) is 13.8 Å². The van der Waals surface area contributed by atoms with Crippen molar-refractivity contribution < 1.29 is 34.8 Å². The van der Waals surface area contributed by atoms with Gasteiger partial charge in [0.2, 0.25) is 0 Å². The molecule has 2 aliphatic heterocycles. The lowest BCUT2D eigenvalue weighted by Crippen LogP contribution is -2.69. The fraction of sp³-hybridized carbons (Fsp3) is 0.704. The van der Waals surface area contributed by atoms with Gasteiger partial charge in [-0.1, -0.05) is 27.7 Å². The van der Waals surface area contributed by atoms with E-state index in [-0.39, 0.29) is 29.9 Å². The number of phenols is 1. The largest absolute Gasteiger partial charge is 0.508 e. The third-order valence-corrected chi connectivity index (χ3v) is 9.95. The Morgan fingerprint density at radius 1 is 1.20 bits per heavy atom. The second-order valence-corrected chi connectivity index (χ2v) is 12.1. The van der Waals surface area contributed by atoms with Crippen molar-refractivity contribution in [2.24, 2.45) is 22.7 Å². The molecule has 5 rings (SSSR count). The Morgan fingerprint density at radius 2 is 1.91 bits per heavy atom. The van der Waals surface area contributed by atoms with Gasteiger partial charge in [-0.3, -0.25) is 9.59 Å². The van der Waals surface area contributed by atoms with Gasteiger partial charge < -0.3 is 30.1 Å². The number of carbonyl (C=O) groups excluding carboxylic acids is 1. The van der Waals surface area contributed by atoms with Gasteiger partial charge in [-0.05, 0) is 49.0 Å². The number of amides is 1. The van der Waals surface area contributed by atoms with E-state index in [1.165, 1.54) is 6.07 Å². The molecule has 0 saturated heterocycles. The first-order valence-electron chi connectivity index (χ1n) is 12.8. The molecule has 1 aromatic rings. The van der Waals surface area contributed by atoms with Crippen molar-refractivity contribution in [1.82, 2.24) is 4.90 Å². The highest BCUT2D eigenvalue weighted by Gasteiger charge is 2.68. The van der Waals surface area contributed by atoms with E-state index in [4.69, 9.17) is 9.84 Å². The Morgan fingerprint density at radius 3 is 2.60 bits per heavy atom. The molecule has 8 nitrogen and oxygen atoms in total. The maximum atomic E-state index is 13.1. The lowest BCUT2D eigenvalue weighted by Gasteiger charge is -2.64. The molecule has 0 aromatic heterocycles. The third-order valence-electron chi connectivity index (χ3n) is 9.95. The fourth-order valence-corrected chi connectivity index (χ4v) is 8.06. The van der Waals surface area contributed by atoms with Gasteiger partial charge in [-0.25, -0.2) is 0 Å². The number of carbonyl (C=O) groups is 2. The van der Waals surface area contributed by atoms with E-state index in [0.717, 1.165) is 18.4 Å². The van der Waals surface area contributed by atoms with Crippen molar-refractivity contribution in [3.8, 4) is 11.5 Å². The molecule has 0 bridgehead atoms. The Bertz CT molecular complexity index is 1080. The van der Waals surface area contributed by atoms with Crippen LogP contribution in [0.4, 0.5) is 0 Å². The molecule has 4 aliphatic rings. The predicted octanol–water partition coefficient (Wildman–Crippen LogP) is 3.09. The second kappa shape index (κ2) is 7.84. The summed E-state index contributed by atoms with van der Waals surface area (Å²) in [5, 5.41) is 41.7. The van der Waals surface area contributed by atoms with E-state index in [9.17, 15) is 24.9 Å². The van der Waals surface area contributed by atoms with Gasteiger partial charge in [-0.2, -0.15) is 0 Å². The van der Waals surface area contributed by atoms with Crippen LogP contribution in [0.3, 0.4) is 0 Å². The van der Waals surface area contributed by atoms with Crippen molar-refractivity contribution in [2.45, 2.75) is 90.6 Å². The summed E-state index contributed by atoms with van der Waals surface area (Å²) in [5.41, 5.74) is 0.245. The average Bonchev–Trinajstić information content (AvgIpc) is 3.32. The molecule has 35 heavy (non-hydrogen) atoms. The average molecular weight is 488 g/mol. The molecule has 2 aliphatic carbocycles. The number of carboxylic acid groups (broad SMARTS) is 1. The van der Waals surface area contributed by atoms with Gasteiger partial charge in [0, 0.05) is 35.9 Å². The van der Waals surface area contributed by atoms with Gasteiger partial charge in [0.15, 0.2) is 0 Å². The van der Waals surface area contributed by atoms with Crippen LogP contribution < -0.4 is 4.74 Å². The predicted molar refractivity (Wildman–Crippen MR) is 127 cm³/mol. The van der Waals surface area contributed by atoms with Crippen molar-refractivity contribution in [2.75, 3.05) is 6.54 Å². The highest BCUT2D eigenvalue weighted by atomic mass is 16.5. The van der Waals surface area contributed by atoms with Crippen LogP contribution in [0.1, 0.15) is 81.3 Å². The summed E-state index contributed by atoms with van der Waals surface area (Å²) in [7, 11) is 0. The summed E-state index contributed by atoms with van der Waals surface area (Å²) >= 11 is 0. The molecule has 6 atom stereocenters. The summed E-state index contributed by atoms with van der Waals surface area (Å²) in [6, 6.07) is 1.53. The van der Waals surface area contributed by atoms with Gasteiger partial charge in [0.05, 0.1) is 24.3 Å². The Hall–Kier alpha value is -2.32. The van der Waals surface area contributed by atoms with Crippen LogP contribution in [-0.4, -0.2) is 61.6 Å². The second-order valence-electron chi connectivity index (χ2n) is 12.1. The third kappa shape index (κ3) is 3.25. The lowest BCUT2D eigenvalue weighted by atomic mass is 9.43. The number of phenolic OH excluding ortho intramolecular Hbond substituents is 1. The number of ether oxygens (including phenoxy) is 1. The summed E-state index contributed by atoms with van der Waals surface area (Å²) in [4.78, 5) is 25.6. The zero-order valence-corrected chi connectivity index (χ0v) is 21.0. The number of hydrogen-bond acceptors (Lipinski definition) is 6. The molecular weight excluding hydrogens is 450 g/mol. The normalized spacial score (nSPS) is 37.1. The minimum Gasteiger partial charge on any atom is -0.508 e. The zero-order chi connectivity index (χ0) is 25.5. The zero-order valence-electron chi connectivity index (χ0n) is 21.0. The van der Waals surface area contributed by atoms with E-state index in [2.05, 4.69) is 13.8 Å². The molecule has 0 unspecified atom stereocenters. The van der Waals surface area contributed by atoms with Crippen LogP contribution in [0.25, 0.3) is 0 Å². The van der Waals surface area contributed by atoms with Crippen LogP contribution >= 0.6 is 0 Å². The van der Waals surface area contributed by atoms with Gasteiger partial charge in [0.1, 0.15) is 17.1 Å². The topological polar surface area (TPSA) is 128 Å². The molecule has 1 spiro atoms. The van der Waals surface area contributed by atoms with Crippen LogP contribution in [0, 0.1) is 22.7 Å². The summed E-state index contributed by atoms with van der Waals surface area (Å²) in [6.07, 6.45) is 1.39. The van der Waals surface area contributed by atoms with Gasteiger partial charge >= 0.3 is 5.97 Å². The standard InChI is InChI=1S/C27H37NO7/c1-14-7-8-20-25(2,3)23(33)19(30)12-26(20,4)27(14)11-16-18(29)10-15-17(22(16)35-27)13-28(24(15)34)9-5-6-21(31)32/h10,14,19-20,23,29-30,33H,5-9,11-13H2,1-4H3,(H,31,32)/t14-,19+,20-,23+,26-,27-/m0/s1. The van der Waals surface area contributed by atoms with Crippen molar-refractivity contribution >= 4 is 11.9 Å². The number of hydrogen-bond donors (Lipinski definition) is 4. The summed E-state index contributed by atoms with van der Waals surface area (Å²) in [5.74, 6) is -0.233.